The number of esters is 1. The Morgan fingerprint density at radius 1 is 0.800 bits per heavy atom. The van der Waals surface area contributed by atoms with E-state index in [1.165, 1.54) is 60.9 Å². The highest BCUT2D eigenvalue weighted by Crippen LogP contribution is 2.48. The molecular formula is C29H28N2O9. The summed E-state index contributed by atoms with van der Waals surface area (Å²) in [6.45, 7) is 0. The van der Waals surface area contributed by atoms with E-state index in [0.29, 0.717) is 51.4 Å². The van der Waals surface area contributed by atoms with Crippen LogP contribution in [-0.4, -0.2) is 48.6 Å². The average molecular weight is 549 g/mol. The maximum atomic E-state index is 13.0. The number of methoxy groups -OCH3 is 6. The molecule has 1 atom stereocenters. The highest BCUT2D eigenvalue weighted by atomic mass is 16.5. The van der Waals surface area contributed by atoms with Crippen LogP contribution in [0.5, 0.6) is 46.0 Å². The van der Waals surface area contributed by atoms with Crippen LogP contribution in [0.4, 0.5) is 0 Å². The van der Waals surface area contributed by atoms with Gasteiger partial charge in [0.15, 0.2) is 23.0 Å². The lowest BCUT2D eigenvalue weighted by atomic mass is 9.83. The number of hydrogen-bond acceptors (Lipinski definition) is 11. The molecule has 11 heteroatoms. The van der Waals surface area contributed by atoms with Crippen molar-refractivity contribution in [1.29, 1.82) is 5.26 Å². The van der Waals surface area contributed by atoms with Crippen molar-refractivity contribution in [2.45, 2.75) is 5.92 Å². The summed E-state index contributed by atoms with van der Waals surface area (Å²) >= 11 is 0. The van der Waals surface area contributed by atoms with Crippen LogP contribution in [0.2, 0.25) is 0 Å². The molecule has 4 rings (SSSR count). The van der Waals surface area contributed by atoms with Crippen molar-refractivity contribution >= 4 is 5.97 Å². The summed E-state index contributed by atoms with van der Waals surface area (Å²) in [7, 11) is 8.88. The zero-order valence-corrected chi connectivity index (χ0v) is 22.8. The molecule has 11 nitrogen and oxygen atoms in total. The van der Waals surface area contributed by atoms with Crippen molar-refractivity contribution in [2.75, 3.05) is 42.7 Å². The number of nitrogens with two attached hydrogens (primary N) is 1. The summed E-state index contributed by atoms with van der Waals surface area (Å²) in [5, 5.41) is 9.94. The van der Waals surface area contributed by atoms with Gasteiger partial charge in [-0.25, -0.2) is 4.79 Å². The zero-order chi connectivity index (χ0) is 29.0. The van der Waals surface area contributed by atoms with Gasteiger partial charge < -0.3 is 43.6 Å². The molecule has 0 bridgehead atoms. The van der Waals surface area contributed by atoms with Crippen LogP contribution in [0.1, 0.15) is 27.4 Å². The topological polar surface area (TPSA) is 141 Å². The number of fused-ring (bicyclic) bond motifs is 1. The van der Waals surface area contributed by atoms with E-state index in [1.807, 2.05) is 0 Å². The van der Waals surface area contributed by atoms with Crippen LogP contribution < -0.4 is 43.6 Å². The van der Waals surface area contributed by atoms with Gasteiger partial charge in [0.05, 0.1) is 54.1 Å². The minimum Gasteiger partial charge on any atom is -0.493 e. The van der Waals surface area contributed by atoms with Gasteiger partial charge >= 0.3 is 5.97 Å². The van der Waals surface area contributed by atoms with Crippen LogP contribution in [0.25, 0.3) is 0 Å². The normalized spacial score (nSPS) is 13.8. The first-order valence-electron chi connectivity index (χ1n) is 11.9. The summed E-state index contributed by atoms with van der Waals surface area (Å²) in [4.78, 5) is 13.0. The SMILES string of the molecule is COc1cc(C(=O)Oc2ccc3c(c2)OC(N)=C(C#N)C3c2cc(OC)c(OC)c(OC)c2)cc(OC)c1OC. The number of carbonyl (C=O) groups is 1. The van der Waals surface area contributed by atoms with Gasteiger partial charge in [-0.3, -0.25) is 0 Å². The standard InChI is InChI=1S/C29H28N2O9/c1-33-21-9-15(10-22(34-2)26(21)37-5)25-18-8-7-17(13-20(18)40-28(31)19(25)14-30)39-29(32)16-11-23(35-3)27(38-6)24(12-16)36-4/h7-13,25H,31H2,1-6H3. The number of hydrogen-bond donors (Lipinski definition) is 1. The van der Waals surface area contributed by atoms with Crippen molar-refractivity contribution < 1.29 is 42.7 Å². The minimum atomic E-state index is -0.669. The Labute approximate surface area is 231 Å². The van der Waals surface area contributed by atoms with Gasteiger partial charge in [-0.05, 0) is 35.9 Å². The largest absolute Gasteiger partial charge is 0.493 e. The van der Waals surface area contributed by atoms with Gasteiger partial charge in [-0.1, -0.05) is 6.07 Å². The van der Waals surface area contributed by atoms with Crippen molar-refractivity contribution in [3.8, 4) is 52.1 Å². The van der Waals surface area contributed by atoms with E-state index >= 15 is 0 Å². The van der Waals surface area contributed by atoms with Gasteiger partial charge in [0.1, 0.15) is 23.1 Å². The maximum Gasteiger partial charge on any atom is 0.343 e. The molecule has 0 saturated carbocycles. The molecule has 3 aromatic carbocycles. The second-order valence-corrected chi connectivity index (χ2v) is 8.39. The average Bonchev–Trinajstić information content (AvgIpc) is 2.98. The Balaban J connectivity index is 1.73. The van der Waals surface area contributed by atoms with Gasteiger partial charge in [-0.15, -0.1) is 0 Å². The molecule has 2 N–H and O–H groups in total. The minimum absolute atomic E-state index is 0.0816. The van der Waals surface area contributed by atoms with Crippen LogP contribution in [-0.2, 0) is 0 Å². The Kier molecular flexibility index (Phi) is 8.09. The molecule has 1 aliphatic heterocycles. The predicted molar refractivity (Wildman–Crippen MR) is 143 cm³/mol. The number of nitrogens with zero attached hydrogens (tertiary/aromatic N) is 1. The highest BCUT2D eigenvalue weighted by Gasteiger charge is 2.33. The van der Waals surface area contributed by atoms with Crippen molar-refractivity contribution in [3.05, 3.63) is 70.6 Å². The quantitative estimate of drug-likeness (QED) is 0.304. The molecule has 3 aromatic rings. The Morgan fingerprint density at radius 3 is 1.80 bits per heavy atom. The third kappa shape index (κ3) is 4.94. The van der Waals surface area contributed by atoms with Crippen molar-refractivity contribution in [2.24, 2.45) is 5.73 Å². The second-order valence-electron chi connectivity index (χ2n) is 8.39. The van der Waals surface area contributed by atoms with E-state index in [1.54, 1.807) is 24.3 Å². The number of benzene rings is 3. The van der Waals surface area contributed by atoms with Gasteiger partial charge in [0.25, 0.3) is 0 Å². The van der Waals surface area contributed by atoms with Crippen LogP contribution in [0.15, 0.2) is 53.9 Å². The van der Waals surface area contributed by atoms with E-state index in [4.69, 9.17) is 43.6 Å². The molecule has 208 valence electrons. The van der Waals surface area contributed by atoms with Gasteiger partial charge in [-0.2, -0.15) is 5.26 Å². The lowest BCUT2D eigenvalue weighted by molar-refractivity contribution is 0.0733. The van der Waals surface area contributed by atoms with Crippen molar-refractivity contribution in [1.82, 2.24) is 0 Å². The van der Waals surface area contributed by atoms with Gasteiger partial charge in [0, 0.05) is 11.6 Å². The molecule has 0 fully saturated rings. The Hall–Kier alpha value is -5.24. The Morgan fingerprint density at radius 2 is 1.32 bits per heavy atom. The third-order valence-electron chi connectivity index (χ3n) is 6.32. The van der Waals surface area contributed by atoms with Crippen LogP contribution >= 0.6 is 0 Å². The number of nitriles is 1. The first kappa shape index (κ1) is 27.8. The molecule has 1 aliphatic rings. The fourth-order valence-corrected chi connectivity index (χ4v) is 4.48. The van der Waals surface area contributed by atoms with Crippen molar-refractivity contribution in [3.63, 3.8) is 0 Å². The summed E-state index contributed by atoms with van der Waals surface area (Å²) < 4.78 is 43.8. The lowest BCUT2D eigenvalue weighted by Crippen LogP contribution is -2.21. The molecule has 1 heterocycles. The molecule has 0 radical (unpaired) electrons. The van der Waals surface area contributed by atoms with Crippen LogP contribution in [0.3, 0.4) is 0 Å². The predicted octanol–water partition coefficient (Wildman–Crippen LogP) is 4.18. The smallest absolute Gasteiger partial charge is 0.343 e. The van der Waals surface area contributed by atoms with E-state index in [0.717, 1.165) is 0 Å². The third-order valence-corrected chi connectivity index (χ3v) is 6.32. The van der Waals surface area contributed by atoms with Gasteiger partial charge in [0.2, 0.25) is 17.4 Å². The van der Waals surface area contributed by atoms with E-state index < -0.39 is 11.9 Å². The molecule has 40 heavy (non-hydrogen) atoms. The highest BCUT2D eigenvalue weighted by molar-refractivity contribution is 5.92. The summed E-state index contributed by atoms with van der Waals surface area (Å²) in [5.41, 5.74) is 7.81. The Bertz CT molecular complexity index is 1470. The monoisotopic (exact) mass is 548 g/mol. The first-order valence-corrected chi connectivity index (χ1v) is 11.9. The number of rotatable bonds is 9. The summed E-state index contributed by atoms with van der Waals surface area (Å²) in [6.07, 6.45) is 0. The fourth-order valence-electron chi connectivity index (χ4n) is 4.48. The molecule has 0 saturated heterocycles. The number of ether oxygens (including phenoxy) is 8. The van der Waals surface area contributed by atoms with Crippen LogP contribution in [0, 0.1) is 11.3 Å². The lowest BCUT2D eigenvalue weighted by Gasteiger charge is -2.27. The second kappa shape index (κ2) is 11.7. The first-order chi connectivity index (χ1) is 19.3. The fraction of sp³-hybridized carbons (Fsp3) is 0.241. The van der Waals surface area contributed by atoms with E-state index in [-0.39, 0.29) is 22.8 Å². The molecular weight excluding hydrogens is 520 g/mol. The molecule has 0 amide bonds. The number of allylic oxidation sites excluding steroid dienone is 1. The molecule has 0 aromatic heterocycles. The maximum absolute atomic E-state index is 13.0. The zero-order valence-electron chi connectivity index (χ0n) is 22.8. The van der Waals surface area contributed by atoms with E-state index in [9.17, 15) is 10.1 Å². The molecule has 0 aliphatic carbocycles. The number of carbonyl (C=O) groups excluding carboxylic acids is 1. The summed E-state index contributed by atoms with van der Waals surface area (Å²) in [5.74, 6) is 1.31. The summed E-state index contributed by atoms with van der Waals surface area (Å²) in [6, 6.07) is 13.4. The molecule has 0 spiro atoms. The molecule has 1 unspecified atom stereocenters. The van der Waals surface area contributed by atoms with E-state index in [2.05, 4.69) is 6.07 Å².